The summed E-state index contributed by atoms with van der Waals surface area (Å²) >= 11 is 0. The topological polar surface area (TPSA) is 94.8 Å². The maximum absolute atomic E-state index is 10.4. The summed E-state index contributed by atoms with van der Waals surface area (Å²) in [4.78, 5) is 10.4. The molecule has 4 nitrogen and oxygen atoms in total. The van der Waals surface area contributed by atoms with Crippen LogP contribution in [0.2, 0.25) is 0 Å². The predicted molar refractivity (Wildman–Crippen MR) is 50.5 cm³/mol. The second-order valence-electron chi connectivity index (χ2n) is 2.63. The third kappa shape index (κ3) is 5.36. The molecule has 0 radical (unpaired) electrons. The molecule has 0 saturated heterocycles. The van der Waals surface area contributed by atoms with Crippen LogP contribution in [0.1, 0.15) is 6.99 Å². The van der Waals surface area contributed by atoms with Crippen LogP contribution < -0.4 is 35.3 Å². The second-order valence-corrected chi connectivity index (χ2v) is 2.63. The van der Waals surface area contributed by atoms with E-state index in [0.717, 1.165) is 5.56 Å². The average molecular weight is 207 g/mol. The zero-order valence-corrected chi connectivity index (χ0v) is 10.1. The van der Waals surface area contributed by atoms with E-state index in [-0.39, 0.29) is 36.5 Å². The van der Waals surface area contributed by atoms with Crippen LogP contribution in [0.4, 0.5) is 0 Å². The molecule has 0 aromatic heterocycles. The van der Waals surface area contributed by atoms with Crippen molar-refractivity contribution in [3.05, 3.63) is 35.9 Å². The summed E-state index contributed by atoms with van der Waals surface area (Å²) in [6.45, 7) is 0. The van der Waals surface area contributed by atoms with E-state index in [4.69, 9.17) is 10.8 Å². The Balaban J connectivity index is -0.000000480. The minimum Gasteiger partial charge on any atom is -1.00 e. The number of carbonyl (C=O) groups is 1. The molecule has 0 amide bonds. The molecule has 1 atom stereocenters. The number of aliphatic carboxylic acids is 1. The standard InChI is InChI=1S/C9H11NO2.Na.H2O.H/c10-8(9(11)12)6-7-4-2-1-3-5-7;;;/h1-5,8H,6,10H2,(H,11,12);;1H2;/q;+1;;-1/t8-;;;/m0.../s1. The molecule has 0 bridgehead atoms. The fraction of sp³-hybridized carbons (Fsp3) is 0.222. The number of hydrogen-bond donors (Lipinski definition) is 2. The number of nitrogens with two attached hydrogens (primary N) is 1. The molecule has 1 aromatic carbocycles. The van der Waals surface area contributed by atoms with Crippen molar-refractivity contribution in [3.63, 3.8) is 0 Å². The fourth-order valence-electron chi connectivity index (χ4n) is 0.955. The van der Waals surface area contributed by atoms with Gasteiger partial charge in [0, 0.05) is 0 Å². The van der Waals surface area contributed by atoms with Gasteiger partial charge in [0.05, 0.1) is 0 Å². The molecule has 0 fully saturated rings. The second kappa shape index (κ2) is 7.96. The first-order chi connectivity index (χ1) is 5.70. The van der Waals surface area contributed by atoms with Gasteiger partial charge < -0.3 is 17.7 Å². The van der Waals surface area contributed by atoms with Crippen molar-refractivity contribution in [2.75, 3.05) is 0 Å². The van der Waals surface area contributed by atoms with Gasteiger partial charge in [0.15, 0.2) is 0 Å². The Labute approximate surface area is 106 Å². The van der Waals surface area contributed by atoms with Crippen molar-refractivity contribution in [3.8, 4) is 0 Å². The van der Waals surface area contributed by atoms with E-state index in [1.54, 1.807) is 0 Å². The molecule has 1 aromatic rings. The Morgan fingerprint density at radius 2 is 1.93 bits per heavy atom. The minimum atomic E-state index is -0.959. The van der Waals surface area contributed by atoms with E-state index in [1.165, 1.54) is 0 Å². The van der Waals surface area contributed by atoms with E-state index in [9.17, 15) is 4.79 Å². The van der Waals surface area contributed by atoms with Gasteiger partial charge in [0.1, 0.15) is 6.04 Å². The zero-order valence-electron chi connectivity index (χ0n) is 9.10. The summed E-state index contributed by atoms with van der Waals surface area (Å²) in [6.07, 6.45) is 0.385. The summed E-state index contributed by atoms with van der Waals surface area (Å²) in [5, 5.41) is 8.52. The van der Waals surface area contributed by atoms with Crippen molar-refractivity contribution < 1.29 is 46.4 Å². The third-order valence-corrected chi connectivity index (χ3v) is 1.62. The van der Waals surface area contributed by atoms with Gasteiger partial charge in [-0.15, -0.1) is 0 Å². The monoisotopic (exact) mass is 207 g/mol. The van der Waals surface area contributed by atoms with Crippen LogP contribution in [0.15, 0.2) is 30.3 Å². The Bertz CT molecular complexity index is 271. The van der Waals surface area contributed by atoms with E-state index in [0.29, 0.717) is 6.42 Å². The summed E-state index contributed by atoms with van der Waals surface area (Å²) in [7, 11) is 0. The predicted octanol–water partition coefficient (Wildman–Crippen LogP) is -3.07. The molecular formula is C9H14NNaO3. The van der Waals surface area contributed by atoms with Gasteiger partial charge >= 0.3 is 35.5 Å². The van der Waals surface area contributed by atoms with Crippen LogP contribution in [0.3, 0.4) is 0 Å². The van der Waals surface area contributed by atoms with Crippen LogP contribution in [0.25, 0.3) is 0 Å². The largest absolute Gasteiger partial charge is 1.00 e. The van der Waals surface area contributed by atoms with E-state index >= 15 is 0 Å². The fourth-order valence-corrected chi connectivity index (χ4v) is 0.955. The molecule has 0 spiro atoms. The van der Waals surface area contributed by atoms with E-state index < -0.39 is 12.0 Å². The van der Waals surface area contributed by atoms with Crippen LogP contribution in [0, 0.1) is 0 Å². The molecule has 5 heteroatoms. The molecule has 0 aliphatic heterocycles. The Morgan fingerprint density at radius 3 is 2.36 bits per heavy atom. The number of carboxylic acids is 1. The summed E-state index contributed by atoms with van der Waals surface area (Å²) in [6, 6.07) is 8.54. The maximum atomic E-state index is 10.4. The Hall–Kier alpha value is -0.390. The first kappa shape index (κ1) is 16.1. The van der Waals surface area contributed by atoms with Crippen LogP contribution in [-0.2, 0) is 11.2 Å². The molecule has 0 saturated carbocycles. The van der Waals surface area contributed by atoms with Gasteiger partial charge in [-0.05, 0) is 12.0 Å². The SMILES string of the molecule is N[C@@H](Cc1ccccc1)C(=O)O.O.[H-].[Na+]. The van der Waals surface area contributed by atoms with E-state index in [1.807, 2.05) is 30.3 Å². The van der Waals surface area contributed by atoms with Gasteiger partial charge in [-0.1, -0.05) is 30.3 Å². The van der Waals surface area contributed by atoms with Crippen LogP contribution in [0.5, 0.6) is 0 Å². The smallest absolute Gasteiger partial charge is 1.00 e. The van der Waals surface area contributed by atoms with Gasteiger partial charge in [-0.2, -0.15) is 0 Å². The number of hydrogen-bond acceptors (Lipinski definition) is 2. The molecule has 1 rings (SSSR count). The van der Waals surface area contributed by atoms with Crippen LogP contribution >= 0.6 is 0 Å². The molecular weight excluding hydrogens is 193 g/mol. The summed E-state index contributed by atoms with van der Waals surface area (Å²) in [5.74, 6) is -0.959. The first-order valence-electron chi connectivity index (χ1n) is 3.72. The number of carboxylic acid groups (broad SMARTS) is 1. The first-order valence-corrected chi connectivity index (χ1v) is 3.72. The average Bonchev–Trinajstić information content (AvgIpc) is 2.06. The van der Waals surface area contributed by atoms with E-state index in [2.05, 4.69) is 0 Å². The molecule has 5 N–H and O–H groups in total. The maximum Gasteiger partial charge on any atom is 1.00 e. The Morgan fingerprint density at radius 1 is 1.43 bits per heavy atom. The zero-order chi connectivity index (χ0) is 8.97. The molecule has 14 heavy (non-hydrogen) atoms. The van der Waals surface area contributed by atoms with Crippen molar-refractivity contribution in [2.45, 2.75) is 12.5 Å². The molecule has 74 valence electrons. The van der Waals surface area contributed by atoms with Crippen molar-refractivity contribution in [2.24, 2.45) is 5.73 Å². The van der Waals surface area contributed by atoms with Gasteiger partial charge in [-0.25, -0.2) is 0 Å². The molecule has 0 unspecified atom stereocenters. The van der Waals surface area contributed by atoms with Crippen molar-refractivity contribution in [1.29, 1.82) is 0 Å². The molecule has 0 heterocycles. The molecule has 0 aliphatic carbocycles. The van der Waals surface area contributed by atoms with Crippen molar-refractivity contribution in [1.82, 2.24) is 0 Å². The van der Waals surface area contributed by atoms with Gasteiger partial charge in [0.2, 0.25) is 0 Å². The molecule has 0 aliphatic rings. The minimum absolute atomic E-state index is 0. The van der Waals surface area contributed by atoms with Crippen molar-refractivity contribution >= 4 is 5.97 Å². The quantitative estimate of drug-likeness (QED) is 0.515. The third-order valence-electron chi connectivity index (χ3n) is 1.62. The Kier molecular flexibility index (Phi) is 9.13. The number of benzene rings is 1. The summed E-state index contributed by atoms with van der Waals surface area (Å²) < 4.78 is 0. The van der Waals surface area contributed by atoms with Gasteiger partial charge in [-0.3, -0.25) is 4.79 Å². The normalized spacial score (nSPS) is 10.6. The summed E-state index contributed by atoms with van der Waals surface area (Å²) in [5.41, 5.74) is 6.30. The van der Waals surface area contributed by atoms with Crippen LogP contribution in [-0.4, -0.2) is 22.6 Å². The van der Waals surface area contributed by atoms with Gasteiger partial charge in [0.25, 0.3) is 0 Å². The number of rotatable bonds is 3.